The van der Waals surface area contributed by atoms with E-state index in [9.17, 15) is 4.79 Å². The first-order chi connectivity index (χ1) is 7.93. The lowest BCUT2D eigenvalue weighted by atomic mass is 10.1. The summed E-state index contributed by atoms with van der Waals surface area (Å²) >= 11 is 0. The predicted octanol–water partition coefficient (Wildman–Crippen LogP) is 0.356. The second-order valence-corrected chi connectivity index (χ2v) is 4.17. The summed E-state index contributed by atoms with van der Waals surface area (Å²) in [4.78, 5) is 10.5. The van der Waals surface area contributed by atoms with Gasteiger partial charge in [-0.05, 0) is 20.8 Å². The third-order valence-corrected chi connectivity index (χ3v) is 2.87. The molecule has 1 atom stereocenters. The molecule has 4 N–H and O–H groups in total. The minimum absolute atomic E-state index is 0.207. The Bertz CT molecular complexity index is 399. The highest BCUT2D eigenvalue weighted by Crippen LogP contribution is 2.20. The minimum atomic E-state index is -0.492. The van der Waals surface area contributed by atoms with Gasteiger partial charge in [-0.25, -0.2) is 4.79 Å². The fourth-order valence-corrected chi connectivity index (χ4v) is 1.99. The van der Waals surface area contributed by atoms with Crippen LogP contribution in [-0.4, -0.2) is 28.9 Å². The quantitative estimate of drug-likeness (QED) is 0.648. The van der Waals surface area contributed by atoms with Gasteiger partial charge in [0, 0.05) is 37.4 Å². The normalized spacial score (nSPS) is 12.5. The van der Waals surface area contributed by atoms with Gasteiger partial charge in [-0.2, -0.15) is 5.10 Å². The van der Waals surface area contributed by atoms with Gasteiger partial charge in [0.25, 0.3) is 0 Å². The van der Waals surface area contributed by atoms with Crippen LogP contribution in [0.1, 0.15) is 29.9 Å². The standard InChI is InChI=1S/C11H21N5O/c1-7(13-5-6-14-11(12)17)10-8(2)15-16(4)9(10)3/h7,13H,5-6H2,1-4H3,(H3,12,14,17). The van der Waals surface area contributed by atoms with E-state index in [-0.39, 0.29) is 6.04 Å². The first-order valence-corrected chi connectivity index (χ1v) is 5.70. The average Bonchev–Trinajstić information content (AvgIpc) is 2.48. The molecule has 0 aliphatic rings. The average molecular weight is 239 g/mol. The van der Waals surface area contributed by atoms with E-state index in [4.69, 9.17) is 5.73 Å². The summed E-state index contributed by atoms with van der Waals surface area (Å²) in [5.74, 6) is 0. The lowest BCUT2D eigenvalue weighted by Crippen LogP contribution is -2.36. The molecule has 0 bridgehead atoms. The van der Waals surface area contributed by atoms with E-state index in [1.807, 2.05) is 18.7 Å². The summed E-state index contributed by atoms with van der Waals surface area (Å²) in [7, 11) is 1.94. The fraction of sp³-hybridized carbons (Fsp3) is 0.636. The van der Waals surface area contributed by atoms with Crippen LogP contribution in [0.15, 0.2) is 0 Å². The Labute approximate surface area is 102 Å². The Hall–Kier alpha value is -1.56. The Kier molecular flexibility index (Phi) is 4.51. The SMILES string of the molecule is Cc1nn(C)c(C)c1C(C)NCCNC(N)=O. The van der Waals surface area contributed by atoms with E-state index >= 15 is 0 Å². The van der Waals surface area contributed by atoms with Gasteiger partial charge in [-0.15, -0.1) is 0 Å². The lowest BCUT2D eigenvalue weighted by molar-refractivity contribution is 0.249. The zero-order valence-electron chi connectivity index (χ0n) is 10.9. The lowest BCUT2D eigenvalue weighted by Gasteiger charge is -2.14. The zero-order chi connectivity index (χ0) is 13.0. The van der Waals surface area contributed by atoms with Crippen LogP contribution < -0.4 is 16.4 Å². The van der Waals surface area contributed by atoms with Crippen molar-refractivity contribution in [2.75, 3.05) is 13.1 Å². The molecule has 6 heteroatoms. The molecule has 1 aromatic heterocycles. The number of nitrogens with one attached hydrogen (secondary N) is 2. The van der Waals surface area contributed by atoms with E-state index in [0.717, 1.165) is 11.4 Å². The number of carbonyl (C=O) groups is 1. The molecular formula is C11H21N5O. The number of carbonyl (C=O) groups excluding carboxylic acids is 1. The Morgan fingerprint density at radius 3 is 2.59 bits per heavy atom. The summed E-state index contributed by atoms with van der Waals surface area (Å²) < 4.78 is 1.88. The molecule has 1 heterocycles. The summed E-state index contributed by atoms with van der Waals surface area (Å²) in [6.45, 7) is 7.34. The number of urea groups is 1. The van der Waals surface area contributed by atoms with Crippen molar-refractivity contribution in [1.82, 2.24) is 20.4 Å². The second kappa shape index (κ2) is 5.67. The number of primary amides is 1. The third-order valence-electron chi connectivity index (χ3n) is 2.87. The number of rotatable bonds is 5. The number of nitrogens with zero attached hydrogens (tertiary/aromatic N) is 2. The zero-order valence-corrected chi connectivity index (χ0v) is 10.9. The van der Waals surface area contributed by atoms with Gasteiger partial charge in [0.15, 0.2) is 0 Å². The van der Waals surface area contributed by atoms with Crippen LogP contribution in [0.25, 0.3) is 0 Å². The molecule has 17 heavy (non-hydrogen) atoms. The number of amides is 2. The number of nitrogens with two attached hydrogens (primary N) is 1. The maximum absolute atomic E-state index is 10.5. The molecule has 0 saturated carbocycles. The van der Waals surface area contributed by atoms with Gasteiger partial charge in [-0.3, -0.25) is 4.68 Å². The molecule has 0 saturated heterocycles. The Balaban J connectivity index is 2.52. The van der Waals surface area contributed by atoms with E-state index < -0.39 is 6.03 Å². The highest BCUT2D eigenvalue weighted by atomic mass is 16.2. The van der Waals surface area contributed by atoms with Crippen LogP contribution in [0.5, 0.6) is 0 Å². The Morgan fingerprint density at radius 1 is 1.47 bits per heavy atom. The molecule has 0 fully saturated rings. The molecule has 6 nitrogen and oxygen atoms in total. The molecule has 1 unspecified atom stereocenters. The van der Waals surface area contributed by atoms with Crippen molar-refractivity contribution in [2.45, 2.75) is 26.8 Å². The largest absolute Gasteiger partial charge is 0.352 e. The monoisotopic (exact) mass is 239 g/mol. The van der Waals surface area contributed by atoms with Crippen molar-refractivity contribution in [3.63, 3.8) is 0 Å². The van der Waals surface area contributed by atoms with Crippen LogP contribution in [0.3, 0.4) is 0 Å². The molecule has 1 aromatic rings. The van der Waals surface area contributed by atoms with Crippen LogP contribution in [0.2, 0.25) is 0 Å². The maximum Gasteiger partial charge on any atom is 0.312 e. The summed E-state index contributed by atoms with van der Waals surface area (Å²) in [5.41, 5.74) is 8.39. The van der Waals surface area contributed by atoms with Gasteiger partial charge >= 0.3 is 6.03 Å². The van der Waals surface area contributed by atoms with Crippen molar-refractivity contribution >= 4 is 6.03 Å². The van der Waals surface area contributed by atoms with Crippen LogP contribution >= 0.6 is 0 Å². The first kappa shape index (κ1) is 13.5. The van der Waals surface area contributed by atoms with Crippen LogP contribution in [0.4, 0.5) is 4.79 Å². The van der Waals surface area contributed by atoms with Crippen molar-refractivity contribution in [1.29, 1.82) is 0 Å². The van der Waals surface area contributed by atoms with Gasteiger partial charge in [0.05, 0.1) is 5.69 Å². The highest BCUT2D eigenvalue weighted by Gasteiger charge is 2.15. The summed E-state index contributed by atoms with van der Waals surface area (Å²) in [6, 6.07) is -0.286. The van der Waals surface area contributed by atoms with Crippen molar-refractivity contribution in [3.05, 3.63) is 17.0 Å². The second-order valence-electron chi connectivity index (χ2n) is 4.17. The molecule has 0 aliphatic heterocycles. The molecule has 2 amide bonds. The molecule has 0 aliphatic carbocycles. The van der Waals surface area contributed by atoms with Crippen molar-refractivity contribution < 1.29 is 4.79 Å². The molecular weight excluding hydrogens is 218 g/mol. The number of aryl methyl sites for hydroxylation is 2. The van der Waals surface area contributed by atoms with Gasteiger partial charge in [0.1, 0.15) is 0 Å². The number of hydrogen-bond acceptors (Lipinski definition) is 3. The molecule has 1 rings (SSSR count). The van der Waals surface area contributed by atoms with E-state index in [0.29, 0.717) is 13.1 Å². The Morgan fingerprint density at radius 2 is 2.12 bits per heavy atom. The molecule has 0 aromatic carbocycles. The van der Waals surface area contributed by atoms with Crippen molar-refractivity contribution in [2.24, 2.45) is 12.8 Å². The van der Waals surface area contributed by atoms with E-state index in [1.54, 1.807) is 0 Å². The van der Waals surface area contributed by atoms with Gasteiger partial charge < -0.3 is 16.4 Å². The molecule has 0 radical (unpaired) electrons. The maximum atomic E-state index is 10.5. The smallest absolute Gasteiger partial charge is 0.312 e. The summed E-state index contributed by atoms with van der Waals surface area (Å²) in [6.07, 6.45) is 0. The third kappa shape index (κ3) is 3.45. The minimum Gasteiger partial charge on any atom is -0.352 e. The van der Waals surface area contributed by atoms with E-state index in [2.05, 4.69) is 29.6 Å². The highest BCUT2D eigenvalue weighted by molar-refractivity contribution is 5.71. The topological polar surface area (TPSA) is 85.0 Å². The molecule has 0 spiro atoms. The van der Waals surface area contributed by atoms with Crippen LogP contribution in [0, 0.1) is 13.8 Å². The molecule has 96 valence electrons. The number of hydrogen-bond donors (Lipinski definition) is 3. The van der Waals surface area contributed by atoms with Crippen molar-refractivity contribution in [3.8, 4) is 0 Å². The first-order valence-electron chi connectivity index (χ1n) is 5.70. The van der Waals surface area contributed by atoms with Gasteiger partial charge in [0.2, 0.25) is 0 Å². The predicted molar refractivity (Wildman–Crippen MR) is 66.7 cm³/mol. The fourth-order valence-electron chi connectivity index (χ4n) is 1.99. The number of aromatic nitrogens is 2. The van der Waals surface area contributed by atoms with Gasteiger partial charge in [-0.1, -0.05) is 0 Å². The van der Waals surface area contributed by atoms with E-state index in [1.165, 1.54) is 5.56 Å². The van der Waals surface area contributed by atoms with Crippen LogP contribution in [-0.2, 0) is 7.05 Å². The summed E-state index contributed by atoms with van der Waals surface area (Å²) in [5, 5.41) is 10.2.